The fraction of sp³-hybridized carbons (Fsp3) is 0.500. The number of halogens is 1. The van der Waals surface area contributed by atoms with E-state index < -0.39 is 0 Å². The highest BCUT2D eigenvalue weighted by Gasteiger charge is 2.32. The monoisotopic (exact) mass is 209 g/mol. The minimum absolute atomic E-state index is 0.189. The van der Waals surface area contributed by atoms with Crippen LogP contribution in [-0.2, 0) is 10.3 Å². The first-order valence-corrected chi connectivity index (χ1v) is 5.25. The Morgan fingerprint density at radius 1 is 1.40 bits per heavy atom. The summed E-state index contributed by atoms with van der Waals surface area (Å²) in [6, 6.07) is 6.52. The Labute approximate surface area is 89.4 Å². The van der Waals surface area contributed by atoms with Crippen molar-refractivity contribution in [2.24, 2.45) is 0 Å². The van der Waals surface area contributed by atoms with Gasteiger partial charge in [-0.25, -0.2) is 4.39 Å². The van der Waals surface area contributed by atoms with Crippen molar-refractivity contribution in [3.05, 3.63) is 35.6 Å². The quantitative estimate of drug-likeness (QED) is 0.764. The average molecular weight is 209 g/mol. The molecule has 1 fully saturated rings. The molecule has 2 atom stereocenters. The largest absolute Gasteiger partial charge is 0.365 e. The van der Waals surface area contributed by atoms with Gasteiger partial charge in [0, 0.05) is 13.1 Å². The molecule has 1 aromatic carbocycles. The van der Waals surface area contributed by atoms with Crippen LogP contribution in [0.25, 0.3) is 0 Å². The van der Waals surface area contributed by atoms with Crippen molar-refractivity contribution in [2.75, 3.05) is 13.1 Å². The highest BCUT2D eigenvalue weighted by Crippen LogP contribution is 2.28. The Morgan fingerprint density at radius 2 is 2.07 bits per heavy atom. The topological polar surface area (TPSA) is 21.3 Å². The second-order valence-electron chi connectivity index (χ2n) is 4.30. The highest BCUT2D eigenvalue weighted by molar-refractivity contribution is 5.23. The van der Waals surface area contributed by atoms with Crippen LogP contribution < -0.4 is 5.32 Å². The minimum atomic E-state index is -0.342. The van der Waals surface area contributed by atoms with E-state index in [0.717, 1.165) is 18.7 Å². The Morgan fingerprint density at radius 3 is 2.67 bits per heavy atom. The molecule has 0 amide bonds. The molecule has 2 unspecified atom stereocenters. The molecule has 2 nitrogen and oxygen atoms in total. The molecule has 1 heterocycles. The van der Waals surface area contributed by atoms with E-state index in [1.165, 1.54) is 12.1 Å². The summed E-state index contributed by atoms with van der Waals surface area (Å²) in [5.74, 6) is -0.209. The lowest BCUT2D eigenvalue weighted by Gasteiger charge is -2.38. The van der Waals surface area contributed by atoms with Gasteiger partial charge in [0.1, 0.15) is 11.4 Å². The summed E-state index contributed by atoms with van der Waals surface area (Å²) in [7, 11) is 0. The van der Waals surface area contributed by atoms with E-state index >= 15 is 0 Å². The van der Waals surface area contributed by atoms with Crippen molar-refractivity contribution in [1.29, 1.82) is 0 Å². The molecule has 82 valence electrons. The predicted molar refractivity (Wildman–Crippen MR) is 57.2 cm³/mol. The smallest absolute Gasteiger partial charge is 0.123 e. The van der Waals surface area contributed by atoms with Crippen LogP contribution in [0.5, 0.6) is 0 Å². The molecule has 0 bridgehead atoms. The predicted octanol–water partition coefficient (Wildman–Crippen LogP) is 2.05. The number of rotatable bonds is 1. The molecule has 1 saturated heterocycles. The standard InChI is InChI=1S/C12H16FNO/c1-9-7-14-8-12(2,15-9)10-3-5-11(13)6-4-10/h3-6,9,14H,7-8H2,1-2H3. The maximum absolute atomic E-state index is 12.8. The second-order valence-corrected chi connectivity index (χ2v) is 4.30. The van der Waals surface area contributed by atoms with Gasteiger partial charge in [0.2, 0.25) is 0 Å². The van der Waals surface area contributed by atoms with Gasteiger partial charge in [0.25, 0.3) is 0 Å². The normalized spacial score (nSPS) is 31.5. The molecule has 1 aromatic rings. The molecular weight excluding hydrogens is 193 g/mol. The van der Waals surface area contributed by atoms with Crippen molar-refractivity contribution in [3.63, 3.8) is 0 Å². The first-order valence-electron chi connectivity index (χ1n) is 5.25. The van der Waals surface area contributed by atoms with Crippen LogP contribution in [-0.4, -0.2) is 19.2 Å². The lowest BCUT2D eigenvalue weighted by atomic mass is 9.94. The fourth-order valence-electron chi connectivity index (χ4n) is 2.01. The number of ether oxygens (including phenoxy) is 1. The van der Waals surface area contributed by atoms with Gasteiger partial charge in [-0.05, 0) is 31.5 Å². The highest BCUT2D eigenvalue weighted by atomic mass is 19.1. The third kappa shape index (κ3) is 2.19. The average Bonchev–Trinajstić information content (AvgIpc) is 2.18. The van der Waals surface area contributed by atoms with Crippen LogP contribution in [0.4, 0.5) is 4.39 Å². The van der Waals surface area contributed by atoms with E-state index in [9.17, 15) is 4.39 Å². The molecule has 0 aromatic heterocycles. The number of morpholine rings is 1. The molecule has 0 spiro atoms. The molecule has 1 aliphatic heterocycles. The summed E-state index contributed by atoms with van der Waals surface area (Å²) in [5.41, 5.74) is 0.675. The zero-order chi connectivity index (χ0) is 10.9. The lowest BCUT2D eigenvalue weighted by Crippen LogP contribution is -2.49. The van der Waals surface area contributed by atoms with E-state index in [4.69, 9.17) is 4.74 Å². The van der Waals surface area contributed by atoms with E-state index in [0.29, 0.717) is 0 Å². The molecule has 2 rings (SSSR count). The lowest BCUT2D eigenvalue weighted by molar-refractivity contribution is -0.102. The first-order chi connectivity index (χ1) is 7.10. The van der Waals surface area contributed by atoms with Gasteiger partial charge in [-0.3, -0.25) is 0 Å². The first kappa shape index (κ1) is 10.6. The van der Waals surface area contributed by atoms with Gasteiger partial charge in [-0.2, -0.15) is 0 Å². The molecular formula is C12H16FNO. The fourth-order valence-corrected chi connectivity index (χ4v) is 2.01. The second kappa shape index (κ2) is 3.91. The molecule has 1 aliphatic rings. The van der Waals surface area contributed by atoms with Crippen molar-refractivity contribution in [1.82, 2.24) is 5.32 Å². The number of benzene rings is 1. The third-order valence-corrected chi connectivity index (χ3v) is 2.81. The van der Waals surface area contributed by atoms with Crippen molar-refractivity contribution in [3.8, 4) is 0 Å². The zero-order valence-corrected chi connectivity index (χ0v) is 9.09. The van der Waals surface area contributed by atoms with E-state index in [-0.39, 0.29) is 17.5 Å². The van der Waals surface area contributed by atoms with Crippen LogP contribution in [0.2, 0.25) is 0 Å². The van der Waals surface area contributed by atoms with Crippen LogP contribution >= 0.6 is 0 Å². The summed E-state index contributed by atoms with van der Waals surface area (Å²) in [5, 5.41) is 3.32. The van der Waals surface area contributed by atoms with Crippen LogP contribution in [0.1, 0.15) is 19.4 Å². The van der Waals surface area contributed by atoms with Crippen LogP contribution in [0.3, 0.4) is 0 Å². The van der Waals surface area contributed by atoms with Crippen molar-refractivity contribution >= 4 is 0 Å². The maximum atomic E-state index is 12.8. The number of hydrogen-bond acceptors (Lipinski definition) is 2. The van der Waals surface area contributed by atoms with E-state index in [2.05, 4.69) is 5.32 Å². The Balaban J connectivity index is 2.24. The van der Waals surface area contributed by atoms with E-state index in [1.807, 2.05) is 13.8 Å². The van der Waals surface area contributed by atoms with Gasteiger partial charge in [-0.15, -0.1) is 0 Å². The van der Waals surface area contributed by atoms with Crippen LogP contribution in [0, 0.1) is 5.82 Å². The van der Waals surface area contributed by atoms with E-state index in [1.54, 1.807) is 12.1 Å². The molecule has 0 radical (unpaired) electrons. The van der Waals surface area contributed by atoms with Gasteiger partial charge in [-0.1, -0.05) is 12.1 Å². The van der Waals surface area contributed by atoms with Gasteiger partial charge < -0.3 is 10.1 Å². The SMILES string of the molecule is CC1CNCC(C)(c2ccc(F)cc2)O1. The molecule has 15 heavy (non-hydrogen) atoms. The summed E-state index contributed by atoms with van der Waals surface area (Å²) < 4.78 is 18.7. The molecule has 0 saturated carbocycles. The van der Waals surface area contributed by atoms with Gasteiger partial charge in [0.05, 0.1) is 6.10 Å². The van der Waals surface area contributed by atoms with Gasteiger partial charge >= 0.3 is 0 Å². The van der Waals surface area contributed by atoms with Crippen LogP contribution in [0.15, 0.2) is 24.3 Å². The Kier molecular flexibility index (Phi) is 2.76. The zero-order valence-electron chi connectivity index (χ0n) is 9.09. The van der Waals surface area contributed by atoms with Crippen molar-refractivity contribution < 1.29 is 9.13 Å². The third-order valence-electron chi connectivity index (χ3n) is 2.81. The minimum Gasteiger partial charge on any atom is -0.365 e. The summed E-state index contributed by atoms with van der Waals surface area (Å²) in [4.78, 5) is 0. The number of hydrogen-bond donors (Lipinski definition) is 1. The number of nitrogens with one attached hydrogen (secondary N) is 1. The van der Waals surface area contributed by atoms with Crippen molar-refractivity contribution in [2.45, 2.75) is 25.6 Å². The molecule has 0 aliphatic carbocycles. The molecule has 3 heteroatoms. The summed E-state index contributed by atoms with van der Waals surface area (Å²) in [6.45, 7) is 5.70. The Bertz CT molecular complexity index is 338. The molecule has 1 N–H and O–H groups in total. The summed E-state index contributed by atoms with van der Waals surface area (Å²) in [6.07, 6.45) is 0.189. The van der Waals surface area contributed by atoms with Gasteiger partial charge in [0.15, 0.2) is 0 Å². The maximum Gasteiger partial charge on any atom is 0.123 e. The summed E-state index contributed by atoms with van der Waals surface area (Å²) >= 11 is 0. The Hall–Kier alpha value is -0.930.